The van der Waals surface area contributed by atoms with Gasteiger partial charge in [0.1, 0.15) is 29.6 Å². The van der Waals surface area contributed by atoms with Crippen LogP contribution in [-0.4, -0.2) is 71.7 Å². The SMILES string of the molecule is CCCCCC(=O)N[C@H](C(=O)N[C@@H](CCC(C)=O)C(=O)N[C@@H](CC(C)OC(=O)CC)C(=O)[C@@]1(C)CO1)C(C)C. The minimum atomic E-state index is -1.13. The molecule has 1 aliphatic heterocycles. The first-order chi connectivity index (χ1) is 18.2. The van der Waals surface area contributed by atoms with E-state index in [1.165, 1.54) is 6.92 Å². The Morgan fingerprint density at radius 3 is 2.03 bits per heavy atom. The molecule has 0 bridgehead atoms. The van der Waals surface area contributed by atoms with Gasteiger partial charge in [-0.15, -0.1) is 0 Å². The zero-order valence-electron chi connectivity index (χ0n) is 24.5. The largest absolute Gasteiger partial charge is 0.463 e. The zero-order valence-corrected chi connectivity index (χ0v) is 24.5. The summed E-state index contributed by atoms with van der Waals surface area (Å²) >= 11 is 0. The van der Waals surface area contributed by atoms with Gasteiger partial charge in [-0.3, -0.25) is 24.0 Å². The molecule has 222 valence electrons. The number of nitrogens with one attached hydrogen (secondary N) is 3. The topological polar surface area (TPSA) is 160 Å². The van der Waals surface area contributed by atoms with Crippen molar-refractivity contribution in [2.24, 2.45) is 5.92 Å². The Kier molecular flexibility index (Phi) is 14.3. The Balaban J connectivity index is 3.04. The smallest absolute Gasteiger partial charge is 0.305 e. The van der Waals surface area contributed by atoms with Crippen LogP contribution in [-0.2, 0) is 38.2 Å². The number of epoxide rings is 1. The lowest BCUT2D eigenvalue weighted by molar-refractivity contribution is -0.149. The fourth-order valence-electron chi connectivity index (χ4n) is 4.00. The van der Waals surface area contributed by atoms with E-state index in [-0.39, 0.29) is 55.7 Å². The van der Waals surface area contributed by atoms with Crippen LogP contribution in [0.15, 0.2) is 0 Å². The highest BCUT2D eigenvalue weighted by molar-refractivity contribution is 5.98. The third kappa shape index (κ3) is 12.3. The standard InChI is InChI=1S/C28H47N3O8/c1-8-10-11-12-22(33)31-24(17(3)4)27(37)29-20(14-13-18(5)32)26(36)30-21(25(35)28(7)16-38-28)15-19(6)39-23(34)9-2/h17,19-21,24H,8-16H2,1-7H3,(H,29,37)(H,30,36)(H,31,33)/t19?,20-,21-,24-,28+/m0/s1. The summed E-state index contributed by atoms with van der Waals surface area (Å²) in [6.07, 6.45) is 2.43. The molecule has 0 aromatic heterocycles. The molecule has 0 spiro atoms. The molecule has 11 heteroatoms. The highest BCUT2D eigenvalue weighted by Gasteiger charge is 2.50. The van der Waals surface area contributed by atoms with Crippen LogP contribution in [0.3, 0.4) is 0 Å². The molecule has 11 nitrogen and oxygen atoms in total. The van der Waals surface area contributed by atoms with Gasteiger partial charge >= 0.3 is 5.97 Å². The molecule has 1 unspecified atom stereocenters. The molecule has 1 fully saturated rings. The Labute approximate surface area is 231 Å². The third-order valence-corrected chi connectivity index (χ3v) is 6.61. The van der Waals surface area contributed by atoms with E-state index >= 15 is 0 Å². The van der Waals surface area contributed by atoms with Gasteiger partial charge in [0.15, 0.2) is 5.78 Å². The fraction of sp³-hybridized carbons (Fsp3) is 0.786. The quantitative estimate of drug-likeness (QED) is 0.125. The maximum atomic E-state index is 13.4. The molecule has 0 aromatic carbocycles. The lowest BCUT2D eigenvalue weighted by atomic mass is 9.95. The van der Waals surface area contributed by atoms with E-state index in [1.807, 2.05) is 6.92 Å². The molecule has 1 aliphatic rings. The van der Waals surface area contributed by atoms with E-state index in [4.69, 9.17) is 9.47 Å². The number of unbranched alkanes of at least 4 members (excludes halogenated alkanes) is 2. The number of ketones is 2. The number of hydrogen-bond acceptors (Lipinski definition) is 8. The molecule has 0 saturated carbocycles. The summed E-state index contributed by atoms with van der Waals surface area (Å²) in [6, 6.07) is -3.05. The molecule has 1 heterocycles. The van der Waals surface area contributed by atoms with Crippen molar-refractivity contribution in [1.29, 1.82) is 0 Å². The molecule has 3 amide bonds. The molecule has 0 radical (unpaired) electrons. The van der Waals surface area contributed by atoms with Gasteiger partial charge in [0.2, 0.25) is 17.7 Å². The predicted molar refractivity (Wildman–Crippen MR) is 145 cm³/mol. The van der Waals surface area contributed by atoms with Gasteiger partial charge in [-0.1, -0.05) is 40.5 Å². The highest BCUT2D eigenvalue weighted by atomic mass is 16.6. The van der Waals surface area contributed by atoms with Gasteiger partial charge in [-0.05, 0) is 39.5 Å². The third-order valence-electron chi connectivity index (χ3n) is 6.61. The van der Waals surface area contributed by atoms with E-state index < -0.39 is 47.6 Å². The number of carbonyl (C=O) groups excluding carboxylic acids is 6. The monoisotopic (exact) mass is 553 g/mol. The zero-order chi connectivity index (χ0) is 29.8. The van der Waals surface area contributed by atoms with Gasteiger partial charge in [0.05, 0.1) is 12.6 Å². The maximum absolute atomic E-state index is 13.4. The van der Waals surface area contributed by atoms with Gasteiger partial charge in [0.25, 0.3) is 0 Å². The summed E-state index contributed by atoms with van der Waals surface area (Å²) < 4.78 is 10.6. The van der Waals surface area contributed by atoms with Gasteiger partial charge in [-0.2, -0.15) is 0 Å². The highest BCUT2D eigenvalue weighted by Crippen LogP contribution is 2.29. The van der Waals surface area contributed by atoms with Crippen LogP contribution < -0.4 is 16.0 Å². The van der Waals surface area contributed by atoms with Crippen LogP contribution in [0.1, 0.15) is 99.8 Å². The second-order valence-corrected chi connectivity index (χ2v) is 10.9. The van der Waals surface area contributed by atoms with E-state index in [0.717, 1.165) is 12.8 Å². The molecular formula is C28H47N3O8. The Morgan fingerprint density at radius 1 is 0.897 bits per heavy atom. The normalized spacial score (nSPS) is 19.3. The predicted octanol–water partition coefficient (Wildman–Crippen LogP) is 2.14. The summed E-state index contributed by atoms with van der Waals surface area (Å²) in [5, 5.41) is 8.11. The van der Waals surface area contributed by atoms with Crippen LogP contribution >= 0.6 is 0 Å². The fourth-order valence-corrected chi connectivity index (χ4v) is 4.00. The first-order valence-corrected chi connectivity index (χ1v) is 14.0. The lowest BCUT2D eigenvalue weighted by Gasteiger charge is -2.28. The number of amides is 3. The van der Waals surface area contributed by atoms with E-state index in [1.54, 1.807) is 34.6 Å². The number of carbonyl (C=O) groups is 6. The van der Waals surface area contributed by atoms with Gasteiger partial charge < -0.3 is 30.2 Å². The van der Waals surface area contributed by atoms with Crippen molar-refractivity contribution in [3.8, 4) is 0 Å². The molecule has 1 saturated heterocycles. The summed E-state index contributed by atoms with van der Waals surface area (Å²) in [6.45, 7) is 12.1. The molecule has 0 aliphatic carbocycles. The minimum absolute atomic E-state index is 0.0111. The molecule has 0 aromatic rings. The molecule has 5 atom stereocenters. The van der Waals surface area contributed by atoms with E-state index in [0.29, 0.717) is 12.8 Å². The molecular weight excluding hydrogens is 506 g/mol. The summed E-state index contributed by atoms with van der Waals surface area (Å²) in [7, 11) is 0. The Bertz CT molecular complexity index is 884. The first kappa shape index (κ1) is 34.2. The molecule has 3 N–H and O–H groups in total. The van der Waals surface area contributed by atoms with Crippen molar-refractivity contribution >= 4 is 35.3 Å². The second-order valence-electron chi connectivity index (χ2n) is 10.9. The van der Waals surface area contributed by atoms with Gasteiger partial charge in [0, 0.05) is 25.7 Å². The Hall–Kier alpha value is -2.82. The summed E-state index contributed by atoms with van der Waals surface area (Å²) in [5.41, 5.74) is -1.05. The minimum Gasteiger partial charge on any atom is -0.463 e. The maximum Gasteiger partial charge on any atom is 0.305 e. The average molecular weight is 554 g/mol. The van der Waals surface area contributed by atoms with E-state index in [2.05, 4.69) is 16.0 Å². The Morgan fingerprint density at radius 2 is 1.51 bits per heavy atom. The van der Waals surface area contributed by atoms with Crippen molar-refractivity contribution in [2.75, 3.05) is 6.61 Å². The molecule has 1 rings (SSSR count). The van der Waals surface area contributed by atoms with E-state index in [9.17, 15) is 28.8 Å². The molecule has 39 heavy (non-hydrogen) atoms. The van der Waals surface area contributed by atoms with Crippen molar-refractivity contribution in [3.63, 3.8) is 0 Å². The number of ether oxygens (including phenoxy) is 2. The van der Waals surface area contributed by atoms with Crippen LogP contribution in [0.2, 0.25) is 0 Å². The van der Waals surface area contributed by atoms with Crippen molar-refractivity contribution in [1.82, 2.24) is 16.0 Å². The first-order valence-electron chi connectivity index (χ1n) is 14.0. The second kappa shape index (κ2) is 16.3. The van der Waals surface area contributed by atoms with Crippen molar-refractivity contribution in [3.05, 3.63) is 0 Å². The van der Waals surface area contributed by atoms with Gasteiger partial charge in [-0.25, -0.2) is 0 Å². The van der Waals surface area contributed by atoms with Crippen molar-refractivity contribution < 1.29 is 38.2 Å². The summed E-state index contributed by atoms with van der Waals surface area (Å²) in [5.74, 6) is -2.68. The number of Topliss-reactive ketones (excluding diaryl/α,β-unsaturated/α-hetero) is 2. The number of hydrogen-bond donors (Lipinski definition) is 3. The van der Waals surface area contributed by atoms with Crippen LogP contribution in [0, 0.1) is 5.92 Å². The summed E-state index contributed by atoms with van der Waals surface area (Å²) in [4.78, 5) is 75.5. The van der Waals surface area contributed by atoms with Crippen LogP contribution in [0.5, 0.6) is 0 Å². The van der Waals surface area contributed by atoms with Crippen molar-refractivity contribution in [2.45, 2.75) is 130 Å². The number of esters is 1. The van der Waals surface area contributed by atoms with Crippen LogP contribution in [0.25, 0.3) is 0 Å². The van der Waals surface area contributed by atoms with Crippen LogP contribution in [0.4, 0.5) is 0 Å². The number of rotatable bonds is 19. The lowest BCUT2D eigenvalue weighted by Crippen LogP contribution is -2.58. The average Bonchev–Trinajstić information content (AvgIpc) is 3.61.